The maximum atomic E-state index is 12.7. The number of hydrogen-bond acceptors (Lipinski definition) is 3. The monoisotopic (exact) mass is 405 g/mol. The van der Waals surface area contributed by atoms with Crippen molar-refractivity contribution in [3.05, 3.63) is 76.0 Å². The second-order valence-corrected chi connectivity index (χ2v) is 9.19. The second kappa shape index (κ2) is 9.18. The molecule has 30 heavy (non-hydrogen) atoms. The summed E-state index contributed by atoms with van der Waals surface area (Å²) in [5.74, 6) is 0.211. The number of benzene rings is 2. The van der Waals surface area contributed by atoms with Crippen LogP contribution in [0.15, 0.2) is 48.2 Å². The van der Waals surface area contributed by atoms with Crippen LogP contribution in [0.4, 0.5) is 0 Å². The molecule has 1 heterocycles. The number of carbonyl (C=O) groups is 1. The third-order valence-corrected chi connectivity index (χ3v) is 6.61. The van der Waals surface area contributed by atoms with Gasteiger partial charge in [0.05, 0.1) is 5.57 Å². The number of aliphatic hydroxyl groups excluding tert-OH is 1. The quantitative estimate of drug-likeness (QED) is 0.487. The van der Waals surface area contributed by atoms with Gasteiger partial charge in [0.15, 0.2) is 5.78 Å². The zero-order valence-electron chi connectivity index (χ0n) is 19.1. The molecule has 3 rings (SSSR count). The Balaban J connectivity index is 1.79. The Kier molecular flexibility index (Phi) is 6.82. The Hall–Kier alpha value is -2.39. The molecule has 3 nitrogen and oxygen atoms in total. The van der Waals surface area contributed by atoms with Gasteiger partial charge in [0.2, 0.25) is 0 Å². The van der Waals surface area contributed by atoms with Crippen LogP contribution in [0.25, 0.3) is 5.57 Å². The van der Waals surface area contributed by atoms with Crippen molar-refractivity contribution in [2.45, 2.75) is 53.9 Å². The first-order valence-corrected chi connectivity index (χ1v) is 11.0. The number of ketones is 1. The van der Waals surface area contributed by atoms with Gasteiger partial charge in [-0.3, -0.25) is 4.79 Å². The fraction of sp³-hybridized carbons (Fsp3) is 0.444. The molecule has 0 saturated carbocycles. The SMILES string of the molecule is CC(=O)/C(=C(/O)C1(C)CCN(CCc2ccccc2)CC1)c1c(C)cc(C)cc1C. The Morgan fingerprint density at radius 1 is 1.03 bits per heavy atom. The van der Waals surface area contributed by atoms with Crippen molar-refractivity contribution in [2.75, 3.05) is 19.6 Å². The molecule has 1 aliphatic rings. The topological polar surface area (TPSA) is 40.5 Å². The zero-order valence-corrected chi connectivity index (χ0v) is 19.1. The molecule has 0 radical (unpaired) electrons. The summed E-state index contributed by atoms with van der Waals surface area (Å²) in [5.41, 5.74) is 5.67. The minimum atomic E-state index is -0.367. The van der Waals surface area contributed by atoms with Crippen molar-refractivity contribution in [3.8, 4) is 0 Å². The largest absolute Gasteiger partial charge is 0.511 e. The van der Waals surface area contributed by atoms with E-state index < -0.39 is 0 Å². The molecule has 0 unspecified atom stereocenters. The van der Waals surface area contributed by atoms with Crippen LogP contribution in [0, 0.1) is 26.2 Å². The summed E-state index contributed by atoms with van der Waals surface area (Å²) in [6.45, 7) is 12.7. The highest BCUT2D eigenvalue weighted by Gasteiger charge is 2.37. The maximum Gasteiger partial charge on any atom is 0.163 e. The number of aryl methyl sites for hydroxylation is 3. The van der Waals surface area contributed by atoms with Gasteiger partial charge in [-0.25, -0.2) is 0 Å². The molecule has 0 aliphatic carbocycles. The molecule has 0 aromatic heterocycles. The Labute approximate surface area is 181 Å². The van der Waals surface area contributed by atoms with Crippen LogP contribution in [0.1, 0.15) is 54.5 Å². The minimum absolute atomic E-state index is 0.0599. The summed E-state index contributed by atoms with van der Waals surface area (Å²) < 4.78 is 0. The summed E-state index contributed by atoms with van der Waals surface area (Å²) in [6, 6.07) is 14.8. The molecule has 1 aliphatic heterocycles. The van der Waals surface area contributed by atoms with E-state index in [1.54, 1.807) is 6.92 Å². The Bertz CT molecular complexity index is 912. The predicted molar refractivity (Wildman–Crippen MR) is 125 cm³/mol. The molecule has 0 atom stereocenters. The average Bonchev–Trinajstić information content (AvgIpc) is 2.70. The van der Waals surface area contributed by atoms with Gasteiger partial charge in [-0.2, -0.15) is 0 Å². The first kappa shape index (κ1) is 22.3. The van der Waals surface area contributed by atoms with E-state index in [9.17, 15) is 9.90 Å². The van der Waals surface area contributed by atoms with Crippen LogP contribution in [0.2, 0.25) is 0 Å². The summed E-state index contributed by atoms with van der Waals surface area (Å²) in [4.78, 5) is 15.1. The number of allylic oxidation sites excluding steroid dienone is 2. The summed E-state index contributed by atoms with van der Waals surface area (Å²) in [5, 5.41) is 11.4. The van der Waals surface area contributed by atoms with Gasteiger partial charge in [-0.1, -0.05) is 55.0 Å². The first-order chi connectivity index (χ1) is 14.2. The number of aliphatic hydroxyl groups is 1. The minimum Gasteiger partial charge on any atom is -0.511 e. The lowest BCUT2D eigenvalue weighted by Gasteiger charge is -2.40. The highest BCUT2D eigenvalue weighted by atomic mass is 16.3. The van der Waals surface area contributed by atoms with Gasteiger partial charge in [0.1, 0.15) is 5.76 Å². The van der Waals surface area contributed by atoms with Crippen LogP contribution < -0.4 is 0 Å². The molecule has 3 heteroatoms. The molecular weight excluding hydrogens is 370 g/mol. The number of hydrogen-bond donors (Lipinski definition) is 1. The normalized spacial score (nSPS) is 17.5. The zero-order chi connectivity index (χ0) is 21.9. The molecule has 160 valence electrons. The standard InChI is InChI=1S/C27H35NO2/c1-19-17-20(2)24(21(3)18-19)25(22(4)29)26(30)27(5)12-15-28(16-13-27)14-11-23-9-7-6-8-10-23/h6-10,17-18,30H,11-16H2,1-5H3/b26-25-. The number of Topliss-reactive ketones (excluding diaryl/α,β-unsaturated/α-hetero) is 1. The molecule has 2 aromatic carbocycles. The molecule has 0 amide bonds. The van der Waals surface area contributed by atoms with E-state index in [-0.39, 0.29) is 17.0 Å². The molecule has 1 N–H and O–H groups in total. The first-order valence-electron chi connectivity index (χ1n) is 11.0. The Morgan fingerprint density at radius 2 is 1.60 bits per heavy atom. The molecule has 1 fully saturated rings. The van der Waals surface area contributed by atoms with Gasteiger partial charge < -0.3 is 10.0 Å². The molecule has 2 aromatic rings. The molecule has 0 bridgehead atoms. The van der Waals surface area contributed by atoms with Crippen LogP contribution in [-0.4, -0.2) is 35.4 Å². The fourth-order valence-corrected chi connectivity index (χ4v) is 4.78. The van der Waals surface area contributed by atoms with Gasteiger partial charge in [-0.05, 0) is 82.3 Å². The van der Waals surface area contributed by atoms with Gasteiger partial charge in [-0.15, -0.1) is 0 Å². The van der Waals surface area contributed by atoms with E-state index in [0.717, 1.165) is 55.6 Å². The smallest absolute Gasteiger partial charge is 0.163 e. The van der Waals surface area contributed by atoms with Crippen molar-refractivity contribution in [1.29, 1.82) is 0 Å². The number of nitrogens with zero attached hydrogens (tertiary/aromatic N) is 1. The Morgan fingerprint density at radius 3 is 2.13 bits per heavy atom. The second-order valence-electron chi connectivity index (χ2n) is 9.19. The van der Waals surface area contributed by atoms with Crippen LogP contribution in [-0.2, 0) is 11.2 Å². The number of carbonyl (C=O) groups excluding carboxylic acids is 1. The lowest BCUT2D eigenvalue weighted by Crippen LogP contribution is -2.41. The van der Waals surface area contributed by atoms with Gasteiger partial charge in [0, 0.05) is 12.0 Å². The van der Waals surface area contributed by atoms with Crippen molar-refractivity contribution in [2.24, 2.45) is 5.41 Å². The summed E-state index contributed by atoms with van der Waals surface area (Å²) >= 11 is 0. The van der Waals surface area contributed by atoms with Crippen LogP contribution >= 0.6 is 0 Å². The highest BCUT2D eigenvalue weighted by Crippen LogP contribution is 2.41. The third-order valence-electron chi connectivity index (χ3n) is 6.61. The summed E-state index contributed by atoms with van der Waals surface area (Å²) in [7, 11) is 0. The van der Waals surface area contributed by atoms with Crippen molar-refractivity contribution < 1.29 is 9.90 Å². The van der Waals surface area contributed by atoms with E-state index in [4.69, 9.17) is 0 Å². The predicted octanol–water partition coefficient (Wildman–Crippen LogP) is 5.81. The van der Waals surface area contributed by atoms with Crippen LogP contribution in [0.5, 0.6) is 0 Å². The third kappa shape index (κ3) is 4.84. The van der Waals surface area contributed by atoms with E-state index in [0.29, 0.717) is 5.57 Å². The average molecular weight is 406 g/mol. The highest BCUT2D eigenvalue weighted by molar-refractivity contribution is 6.21. The van der Waals surface area contributed by atoms with E-state index in [1.807, 2.05) is 13.8 Å². The number of likely N-dealkylation sites (tertiary alicyclic amines) is 1. The van der Waals surface area contributed by atoms with E-state index in [1.165, 1.54) is 11.1 Å². The van der Waals surface area contributed by atoms with E-state index in [2.05, 4.69) is 61.2 Å². The van der Waals surface area contributed by atoms with Crippen molar-refractivity contribution in [1.82, 2.24) is 4.90 Å². The molecule has 0 spiro atoms. The van der Waals surface area contributed by atoms with Crippen LogP contribution in [0.3, 0.4) is 0 Å². The summed E-state index contributed by atoms with van der Waals surface area (Å²) in [6.07, 6.45) is 2.75. The lowest BCUT2D eigenvalue weighted by molar-refractivity contribution is -0.112. The number of piperidine rings is 1. The van der Waals surface area contributed by atoms with Gasteiger partial charge >= 0.3 is 0 Å². The maximum absolute atomic E-state index is 12.7. The fourth-order valence-electron chi connectivity index (χ4n) is 4.78. The van der Waals surface area contributed by atoms with Gasteiger partial charge in [0.25, 0.3) is 0 Å². The number of rotatable bonds is 6. The van der Waals surface area contributed by atoms with Crippen molar-refractivity contribution in [3.63, 3.8) is 0 Å². The van der Waals surface area contributed by atoms with Crippen molar-refractivity contribution >= 4 is 11.4 Å². The molecule has 1 saturated heterocycles. The van der Waals surface area contributed by atoms with E-state index >= 15 is 0 Å². The lowest BCUT2D eigenvalue weighted by atomic mass is 9.75. The molecular formula is C27H35NO2.